The minimum absolute atomic E-state index is 0.193. The Balaban J connectivity index is 1.49. The molecule has 0 spiro atoms. The van der Waals surface area contributed by atoms with Crippen molar-refractivity contribution < 1.29 is 19.1 Å². The average molecular weight is 395 g/mol. The van der Waals surface area contributed by atoms with Crippen molar-refractivity contribution in [3.8, 4) is 5.75 Å². The van der Waals surface area contributed by atoms with Gasteiger partial charge in [-0.05, 0) is 30.7 Å². The Morgan fingerprint density at radius 2 is 1.72 bits per heavy atom. The van der Waals surface area contributed by atoms with Crippen molar-refractivity contribution in [2.45, 2.75) is 6.92 Å². The Morgan fingerprint density at radius 3 is 2.41 bits per heavy atom. The molecule has 1 fully saturated rings. The summed E-state index contributed by atoms with van der Waals surface area (Å²) in [5.41, 5.74) is 2.61. The van der Waals surface area contributed by atoms with Crippen molar-refractivity contribution in [2.24, 2.45) is 0 Å². The zero-order valence-electron chi connectivity index (χ0n) is 16.7. The number of Topliss-reactive ketones (excluding diaryl/α,β-unsaturated/α-hetero) is 1. The number of rotatable bonds is 6. The quantitative estimate of drug-likeness (QED) is 0.594. The van der Waals surface area contributed by atoms with Gasteiger partial charge in [0.1, 0.15) is 5.75 Å². The molecule has 0 radical (unpaired) electrons. The first-order chi connectivity index (χ1) is 14.0. The van der Waals surface area contributed by atoms with Crippen molar-refractivity contribution in [2.75, 3.05) is 44.7 Å². The molecule has 3 rings (SSSR count). The van der Waals surface area contributed by atoms with E-state index in [0.29, 0.717) is 18.8 Å². The number of amides is 2. The number of anilines is 1. The van der Waals surface area contributed by atoms with Crippen LogP contribution in [0.2, 0.25) is 0 Å². The maximum atomic E-state index is 12.4. The lowest BCUT2D eigenvalue weighted by atomic mass is 10.1. The number of methoxy groups -OCH3 is 1. The standard InChI is InChI=1S/C22H25N3O4/c1-16-6-3-4-9-19(16)24-10-12-25(13-11-24)20(26)15-23-22(28)21(27)17-7-5-8-18(14-17)29-2/h3-9,14H,10-13,15H2,1-2H3,(H,23,28). The molecule has 0 aromatic heterocycles. The molecule has 7 heteroatoms. The van der Waals surface area contributed by atoms with Gasteiger partial charge in [0, 0.05) is 37.4 Å². The lowest BCUT2D eigenvalue weighted by Gasteiger charge is -2.36. The van der Waals surface area contributed by atoms with Gasteiger partial charge in [-0.3, -0.25) is 14.4 Å². The monoisotopic (exact) mass is 395 g/mol. The first-order valence-corrected chi connectivity index (χ1v) is 9.54. The van der Waals surface area contributed by atoms with Crippen LogP contribution >= 0.6 is 0 Å². The zero-order valence-corrected chi connectivity index (χ0v) is 16.7. The summed E-state index contributed by atoms with van der Waals surface area (Å²) in [6.45, 7) is 4.49. The molecule has 0 atom stereocenters. The number of benzene rings is 2. The van der Waals surface area contributed by atoms with Crippen molar-refractivity contribution in [1.29, 1.82) is 0 Å². The largest absolute Gasteiger partial charge is 0.497 e. The topological polar surface area (TPSA) is 78.9 Å². The molecule has 0 unspecified atom stereocenters. The van der Waals surface area contributed by atoms with Gasteiger partial charge in [-0.1, -0.05) is 30.3 Å². The molecule has 1 aliphatic rings. The fourth-order valence-electron chi connectivity index (χ4n) is 3.36. The number of ether oxygens (including phenoxy) is 1. The Labute approximate surface area is 170 Å². The third kappa shape index (κ3) is 4.93. The van der Waals surface area contributed by atoms with Crippen LogP contribution in [0.25, 0.3) is 0 Å². The van der Waals surface area contributed by atoms with Gasteiger partial charge in [0.2, 0.25) is 11.7 Å². The van der Waals surface area contributed by atoms with E-state index in [1.54, 1.807) is 17.0 Å². The minimum Gasteiger partial charge on any atom is -0.497 e. The highest BCUT2D eigenvalue weighted by molar-refractivity contribution is 6.43. The van der Waals surface area contributed by atoms with Crippen LogP contribution in [-0.2, 0) is 9.59 Å². The number of hydrogen-bond acceptors (Lipinski definition) is 5. The van der Waals surface area contributed by atoms with Gasteiger partial charge < -0.3 is 19.9 Å². The van der Waals surface area contributed by atoms with E-state index in [9.17, 15) is 14.4 Å². The van der Waals surface area contributed by atoms with Gasteiger partial charge in [0.05, 0.1) is 13.7 Å². The molecule has 1 N–H and O–H groups in total. The maximum Gasteiger partial charge on any atom is 0.292 e. The van der Waals surface area contributed by atoms with E-state index >= 15 is 0 Å². The third-order valence-electron chi connectivity index (χ3n) is 5.03. The molecule has 1 heterocycles. The summed E-state index contributed by atoms with van der Waals surface area (Å²) >= 11 is 0. The summed E-state index contributed by atoms with van der Waals surface area (Å²) in [4.78, 5) is 40.8. The molecule has 0 bridgehead atoms. The SMILES string of the molecule is COc1cccc(C(=O)C(=O)NCC(=O)N2CCN(c3ccccc3C)CC2)c1. The van der Waals surface area contributed by atoms with Crippen molar-refractivity contribution in [1.82, 2.24) is 10.2 Å². The number of nitrogens with one attached hydrogen (secondary N) is 1. The lowest BCUT2D eigenvalue weighted by molar-refractivity contribution is -0.132. The summed E-state index contributed by atoms with van der Waals surface area (Å²) in [5.74, 6) is -1.20. The molecule has 2 aromatic carbocycles. The second-order valence-corrected chi connectivity index (χ2v) is 6.90. The van der Waals surface area contributed by atoms with Crippen molar-refractivity contribution in [3.05, 3.63) is 59.7 Å². The summed E-state index contributed by atoms with van der Waals surface area (Å²) < 4.78 is 5.06. The first-order valence-electron chi connectivity index (χ1n) is 9.54. The number of nitrogens with zero attached hydrogens (tertiary/aromatic N) is 2. The number of aryl methyl sites for hydroxylation is 1. The predicted octanol–water partition coefficient (Wildman–Crippen LogP) is 1.65. The van der Waals surface area contributed by atoms with Gasteiger partial charge in [-0.25, -0.2) is 0 Å². The van der Waals surface area contributed by atoms with Crippen molar-refractivity contribution >= 4 is 23.3 Å². The molecule has 0 aliphatic carbocycles. The average Bonchev–Trinajstić information content (AvgIpc) is 2.77. The second kappa shape index (κ2) is 9.23. The van der Waals surface area contributed by atoms with E-state index in [-0.39, 0.29) is 18.0 Å². The molecular weight excluding hydrogens is 370 g/mol. The highest BCUT2D eigenvalue weighted by Gasteiger charge is 2.23. The predicted molar refractivity (Wildman–Crippen MR) is 110 cm³/mol. The van der Waals surface area contributed by atoms with Gasteiger partial charge in [-0.2, -0.15) is 0 Å². The van der Waals surface area contributed by atoms with E-state index in [1.807, 2.05) is 12.1 Å². The molecule has 29 heavy (non-hydrogen) atoms. The Morgan fingerprint density at radius 1 is 1.00 bits per heavy atom. The van der Waals surface area contributed by atoms with Crippen LogP contribution in [0.15, 0.2) is 48.5 Å². The first kappa shape index (κ1) is 20.4. The number of hydrogen-bond donors (Lipinski definition) is 1. The van der Waals surface area contributed by atoms with Gasteiger partial charge >= 0.3 is 0 Å². The van der Waals surface area contributed by atoms with E-state index in [1.165, 1.54) is 30.5 Å². The fourth-order valence-corrected chi connectivity index (χ4v) is 3.36. The molecule has 2 amide bonds. The van der Waals surface area contributed by atoms with Crippen LogP contribution in [-0.4, -0.2) is 62.3 Å². The molecule has 1 aliphatic heterocycles. The number of para-hydroxylation sites is 1. The highest BCUT2D eigenvalue weighted by atomic mass is 16.5. The van der Waals surface area contributed by atoms with E-state index in [2.05, 4.69) is 29.3 Å². The molecule has 7 nitrogen and oxygen atoms in total. The summed E-state index contributed by atoms with van der Waals surface area (Å²) in [6, 6.07) is 14.5. The zero-order chi connectivity index (χ0) is 20.8. The molecule has 1 saturated heterocycles. The van der Waals surface area contributed by atoms with E-state index < -0.39 is 11.7 Å². The van der Waals surface area contributed by atoms with Crippen LogP contribution in [0, 0.1) is 6.92 Å². The highest BCUT2D eigenvalue weighted by Crippen LogP contribution is 2.20. The second-order valence-electron chi connectivity index (χ2n) is 6.90. The number of ketones is 1. The van der Waals surface area contributed by atoms with Crippen LogP contribution in [0.4, 0.5) is 5.69 Å². The normalized spacial score (nSPS) is 13.7. The summed E-state index contributed by atoms with van der Waals surface area (Å²) in [5, 5.41) is 2.43. The van der Waals surface area contributed by atoms with Crippen LogP contribution in [0.1, 0.15) is 15.9 Å². The number of carbonyl (C=O) groups is 3. The van der Waals surface area contributed by atoms with Gasteiger partial charge in [0.15, 0.2) is 0 Å². The maximum absolute atomic E-state index is 12.4. The van der Waals surface area contributed by atoms with Crippen molar-refractivity contribution in [3.63, 3.8) is 0 Å². The smallest absolute Gasteiger partial charge is 0.292 e. The molecular formula is C22H25N3O4. The van der Waals surface area contributed by atoms with Crippen LogP contribution in [0.3, 0.4) is 0 Å². The summed E-state index contributed by atoms with van der Waals surface area (Å²) in [7, 11) is 1.49. The molecule has 152 valence electrons. The van der Waals surface area contributed by atoms with E-state index in [0.717, 1.165) is 13.1 Å². The summed E-state index contributed by atoms with van der Waals surface area (Å²) in [6.07, 6.45) is 0. The molecule has 2 aromatic rings. The number of carbonyl (C=O) groups excluding carboxylic acids is 3. The lowest BCUT2D eigenvalue weighted by Crippen LogP contribution is -2.51. The minimum atomic E-state index is -0.801. The van der Waals surface area contributed by atoms with E-state index in [4.69, 9.17) is 4.74 Å². The van der Waals surface area contributed by atoms with Crippen LogP contribution in [0.5, 0.6) is 5.75 Å². The van der Waals surface area contributed by atoms with Crippen LogP contribution < -0.4 is 15.0 Å². The Bertz CT molecular complexity index is 904. The molecule has 0 saturated carbocycles. The fraction of sp³-hybridized carbons (Fsp3) is 0.318. The Kier molecular flexibility index (Phi) is 6.49. The van der Waals surface area contributed by atoms with Gasteiger partial charge in [0.25, 0.3) is 5.91 Å². The van der Waals surface area contributed by atoms with Gasteiger partial charge in [-0.15, -0.1) is 0 Å². The third-order valence-corrected chi connectivity index (χ3v) is 5.03. The number of piperazine rings is 1. The Hall–Kier alpha value is -3.35.